The van der Waals surface area contributed by atoms with Crippen LogP contribution in [0.5, 0.6) is 0 Å². The van der Waals surface area contributed by atoms with Gasteiger partial charge in [0.05, 0.1) is 12.0 Å². The number of nitrogens with one attached hydrogen (secondary N) is 1. The number of ether oxygens (including phenoxy) is 1. The Kier molecular flexibility index (Phi) is 4.91. The van der Waals surface area contributed by atoms with Crippen molar-refractivity contribution in [1.82, 2.24) is 4.72 Å². The fourth-order valence-corrected chi connectivity index (χ4v) is 3.82. The predicted octanol–water partition coefficient (Wildman–Crippen LogP) is 1.75. The zero-order chi connectivity index (χ0) is 17.2. The third-order valence-corrected chi connectivity index (χ3v) is 5.12. The SMILES string of the molecule is COC(=O)[C@@H](C)NS(=O)(=O)c1cccc2c(N(C)C)cccc12. The lowest BCUT2D eigenvalue weighted by molar-refractivity contribution is -0.142. The van der Waals surface area contributed by atoms with Gasteiger partial charge in [0.2, 0.25) is 10.0 Å². The maximum atomic E-state index is 12.6. The molecule has 0 heterocycles. The first-order valence-corrected chi connectivity index (χ1v) is 8.55. The zero-order valence-corrected chi connectivity index (χ0v) is 14.3. The second-order valence-electron chi connectivity index (χ2n) is 5.39. The highest BCUT2D eigenvalue weighted by Crippen LogP contribution is 2.30. The predicted molar refractivity (Wildman–Crippen MR) is 90.1 cm³/mol. The van der Waals surface area contributed by atoms with E-state index in [2.05, 4.69) is 9.46 Å². The standard InChI is InChI=1S/C16H20N2O4S/c1-11(16(19)22-4)17-23(20,21)15-10-6-7-12-13(15)8-5-9-14(12)18(2)3/h5-11,17H,1-4H3/t11-/m1/s1. The number of nitrogens with zero attached hydrogens (tertiary/aromatic N) is 1. The first kappa shape index (κ1) is 17.2. The minimum absolute atomic E-state index is 0.134. The van der Waals surface area contributed by atoms with Crippen LogP contribution in [0.3, 0.4) is 0 Å². The number of hydrogen-bond donors (Lipinski definition) is 1. The lowest BCUT2D eigenvalue weighted by atomic mass is 10.1. The van der Waals surface area contributed by atoms with Gasteiger partial charge < -0.3 is 9.64 Å². The highest BCUT2D eigenvalue weighted by atomic mass is 32.2. The number of esters is 1. The third kappa shape index (κ3) is 3.46. The summed E-state index contributed by atoms with van der Waals surface area (Å²) in [6.45, 7) is 1.44. The van der Waals surface area contributed by atoms with Gasteiger partial charge in [0.25, 0.3) is 0 Å². The molecule has 0 radical (unpaired) electrons. The number of hydrogen-bond acceptors (Lipinski definition) is 5. The topological polar surface area (TPSA) is 75.7 Å². The molecule has 0 saturated heterocycles. The molecule has 0 fully saturated rings. The maximum absolute atomic E-state index is 12.6. The van der Waals surface area contributed by atoms with Gasteiger partial charge in [-0.05, 0) is 19.1 Å². The van der Waals surface area contributed by atoms with Crippen LogP contribution in [0.15, 0.2) is 41.3 Å². The summed E-state index contributed by atoms with van der Waals surface area (Å²) in [5.41, 5.74) is 0.917. The van der Waals surface area contributed by atoms with Crippen LogP contribution >= 0.6 is 0 Å². The Labute approximate surface area is 136 Å². The summed E-state index contributed by atoms with van der Waals surface area (Å²) in [7, 11) is 1.16. The van der Waals surface area contributed by atoms with Gasteiger partial charge in [-0.3, -0.25) is 4.79 Å². The molecule has 0 spiro atoms. The van der Waals surface area contributed by atoms with Crippen molar-refractivity contribution in [1.29, 1.82) is 0 Å². The van der Waals surface area contributed by atoms with Gasteiger partial charge in [-0.15, -0.1) is 0 Å². The van der Waals surface area contributed by atoms with Crippen LogP contribution in [0.25, 0.3) is 10.8 Å². The molecule has 0 aliphatic heterocycles. The maximum Gasteiger partial charge on any atom is 0.323 e. The fraction of sp³-hybridized carbons (Fsp3) is 0.312. The Bertz CT molecular complexity index is 831. The van der Waals surface area contributed by atoms with Crippen LogP contribution in [0, 0.1) is 0 Å². The van der Waals surface area contributed by atoms with E-state index < -0.39 is 22.0 Å². The van der Waals surface area contributed by atoms with E-state index in [0.717, 1.165) is 11.1 Å². The minimum Gasteiger partial charge on any atom is -0.468 e. The number of fused-ring (bicyclic) bond motifs is 1. The van der Waals surface area contributed by atoms with Crippen molar-refractivity contribution in [2.75, 3.05) is 26.1 Å². The lowest BCUT2D eigenvalue weighted by Gasteiger charge is -2.18. The first-order chi connectivity index (χ1) is 10.8. The van der Waals surface area contributed by atoms with Crippen molar-refractivity contribution in [3.8, 4) is 0 Å². The van der Waals surface area contributed by atoms with E-state index >= 15 is 0 Å². The highest BCUT2D eigenvalue weighted by Gasteiger charge is 2.24. The largest absolute Gasteiger partial charge is 0.468 e. The molecule has 2 aromatic rings. The molecule has 0 bridgehead atoms. The van der Waals surface area contributed by atoms with E-state index in [0.29, 0.717) is 5.39 Å². The number of sulfonamides is 1. The summed E-state index contributed by atoms with van der Waals surface area (Å²) in [5, 5.41) is 1.43. The monoisotopic (exact) mass is 336 g/mol. The Hall–Kier alpha value is -2.12. The summed E-state index contributed by atoms with van der Waals surface area (Å²) in [6.07, 6.45) is 0. The number of carbonyl (C=O) groups excluding carboxylic acids is 1. The molecule has 6 nitrogen and oxygen atoms in total. The van der Waals surface area contributed by atoms with Gasteiger partial charge in [-0.25, -0.2) is 8.42 Å². The summed E-state index contributed by atoms with van der Waals surface area (Å²) in [4.78, 5) is 13.5. The number of anilines is 1. The number of rotatable bonds is 5. The molecule has 2 rings (SSSR count). The van der Waals surface area contributed by atoms with E-state index in [9.17, 15) is 13.2 Å². The van der Waals surface area contributed by atoms with Gasteiger partial charge in [-0.1, -0.05) is 24.3 Å². The van der Waals surface area contributed by atoms with E-state index in [4.69, 9.17) is 0 Å². The Morgan fingerprint density at radius 3 is 2.35 bits per heavy atom. The van der Waals surface area contributed by atoms with Crippen LogP contribution in [0.1, 0.15) is 6.92 Å². The molecular weight excluding hydrogens is 316 g/mol. The Morgan fingerprint density at radius 1 is 1.13 bits per heavy atom. The molecule has 0 unspecified atom stereocenters. The van der Waals surface area contributed by atoms with Crippen molar-refractivity contribution in [2.45, 2.75) is 17.9 Å². The van der Waals surface area contributed by atoms with Crippen LogP contribution < -0.4 is 9.62 Å². The van der Waals surface area contributed by atoms with Gasteiger partial charge in [0.15, 0.2) is 0 Å². The zero-order valence-electron chi connectivity index (χ0n) is 13.5. The minimum atomic E-state index is -3.85. The van der Waals surface area contributed by atoms with Crippen molar-refractivity contribution < 1.29 is 17.9 Å². The van der Waals surface area contributed by atoms with E-state index in [-0.39, 0.29) is 4.90 Å². The van der Waals surface area contributed by atoms with Crippen molar-refractivity contribution in [2.24, 2.45) is 0 Å². The summed E-state index contributed by atoms with van der Waals surface area (Å²) in [5.74, 6) is -0.636. The summed E-state index contributed by atoms with van der Waals surface area (Å²) < 4.78 is 32.2. The summed E-state index contributed by atoms with van der Waals surface area (Å²) in [6, 6.07) is 9.59. The molecule has 0 aliphatic rings. The molecule has 0 aromatic heterocycles. The van der Waals surface area contributed by atoms with Crippen LogP contribution in [-0.2, 0) is 19.6 Å². The third-order valence-electron chi connectivity index (χ3n) is 3.52. The van der Waals surface area contributed by atoms with Crippen LogP contribution in [0.2, 0.25) is 0 Å². The number of carbonyl (C=O) groups is 1. The average molecular weight is 336 g/mol. The molecule has 0 saturated carbocycles. The lowest BCUT2D eigenvalue weighted by Crippen LogP contribution is -2.39. The van der Waals surface area contributed by atoms with Gasteiger partial charge in [0, 0.05) is 30.6 Å². The van der Waals surface area contributed by atoms with Gasteiger partial charge >= 0.3 is 5.97 Å². The molecule has 7 heteroatoms. The van der Waals surface area contributed by atoms with E-state index in [1.54, 1.807) is 18.2 Å². The highest BCUT2D eigenvalue weighted by molar-refractivity contribution is 7.89. The quantitative estimate of drug-likeness (QED) is 0.842. The normalized spacial score (nSPS) is 12.9. The van der Waals surface area contributed by atoms with Crippen molar-refractivity contribution >= 4 is 32.5 Å². The molecule has 1 atom stereocenters. The molecular formula is C16H20N2O4S. The second-order valence-corrected chi connectivity index (χ2v) is 7.07. The number of benzene rings is 2. The molecule has 0 amide bonds. The van der Waals surface area contributed by atoms with Crippen LogP contribution in [-0.4, -0.2) is 41.6 Å². The second kappa shape index (κ2) is 6.55. The summed E-state index contributed by atoms with van der Waals surface area (Å²) >= 11 is 0. The first-order valence-electron chi connectivity index (χ1n) is 7.07. The Balaban J connectivity index is 2.55. The van der Waals surface area contributed by atoms with Gasteiger partial charge in [0.1, 0.15) is 6.04 Å². The molecule has 23 heavy (non-hydrogen) atoms. The van der Waals surface area contributed by atoms with Gasteiger partial charge in [-0.2, -0.15) is 4.72 Å². The van der Waals surface area contributed by atoms with E-state index in [1.807, 2.05) is 31.1 Å². The molecule has 124 valence electrons. The molecule has 2 aromatic carbocycles. The van der Waals surface area contributed by atoms with Crippen molar-refractivity contribution in [3.05, 3.63) is 36.4 Å². The smallest absolute Gasteiger partial charge is 0.323 e. The molecule has 0 aliphatic carbocycles. The van der Waals surface area contributed by atoms with Crippen LogP contribution in [0.4, 0.5) is 5.69 Å². The van der Waals surface area contributed by atoms with E-state index in [1.165, 1.54) is 20.1 Å². The average Bonchev–Trinajstić information content (AvgIpc) is 2.52. The molecule has 1 N–H and O–H groups in total. The Morgan fingerprint density at radius 2 is 1.74 bits per heavy atom. The number of methoxy groups -OCH3 is 1. The van der Waals surface area contributed by atoms with Crippen molar-refractivity contribution in [3.63, 3.8) is 0 Å². The fourth-order valence-electron chi connectivity index (χ4n) is 2.41.